The van der Waals surface area contributed by atoms with Gasteiger partial charge in [0.2, 0.25) is 11.8 Å². The third-order valence-corrected chi connectivity index (χ3v) is 8.84. The average Bonchev–Trinajstić information content (AvgIpc) is 2.81. The molecule has 6 nitrogen and oxygen atoms in total. The summed E-state index contributed by atoms with van der Waals surface area (Å²) in [4.78, 5) is 39.9. The minimum Gasteiger partial charge on any atom is -0.366 e. The van der Waals surface area contributed by atoms with Gasteiger partial charge in [0, 0.05) is 28.7 Å². The third kappa shape index (κ3) is 4.58. The van der Waals surface area contributed by atoms with E-state index >= 15 is 0 Å². The Morgan fingerprint density at radius 3 is 2.15 bits per heavy atom. The van der Waals surface area contributed by atoms with Gasteiger partial charge < -0.3 is 16.0 Å². The molecule has 34 heavy (non-hydrogen) atoms. The fraction of sp³-hybridized carbons (Fsp3) is 0.444. The van der Waals surface area contributed by atoms with E-state index in [0.717, 1.165) is 41.9 Å². The van der Waals surface area contributed by atoms with Gasteiger partial charge >= 0.3 is 0 Å². The Balaban J connectivity index is 1.24. The lowest BCUT2D eigenvalue weighted by Gasteiger charge is -2.56. The van der Waals surface area contributed by atoms with Gasteiger partial charge in [-0.05, 0) is 92.7 Å². The van der Waals surface area contributed by atoms with Crippen molar-refractivity contribution >= 4 is 35.2 Å². The molecule has 3 amide bonds. The number of thioether (sulfide) groups is 1. The number of nitrogens with zero attached hydrogens (tertiary/aromatic N) is 1. The second kappa shape index (κ2) is 9.10. The second-order valence-corrected chi connectivity index (χ2v) is 11.3. The summed E-state index contributed by atoms with van der Waals surface area (Å²) < 4.78 is 0. The van der Waals surface area contributed by atoms with Gasteiger partial charge in [-0.2, -0.15) is 0 Å². The number of benzene rings is 2. The van der Waals surface area contributed by atoms with E-state index in [1.54, 1.807) is 42.3 Å². The Labute approximate surface area is 204 Å². The number of hydrogen-bond donors (Lipinski definition) is 2. The van der Waals surface area contributed by atoms with Crippen LogP contribution in [0.3, 0.4) is 0 Å². The number of amides is 3. The highest BCUT2D eigenvalue weighted by molar-refractivity contribution is 8.00. The standard InChI is InChI=1S/C27H31N3O3S/c1-30(21-8-6-20(7-9-21)25(28)32)26(33)22-4-2-3-5-23(22)34-16-24(31)29-27-13-17-10-18(14-27)12-19(11-17)15-27/h2-9,17-19H,10-16H2,1H3,(H2,28,32)(H,29,31). The van der Waals surface area contributed by atoms with Crippen molar-refractivity contribution in [2.45, 2.75) is 49.0 Å². The van der Waals surface area contributed by atoms with Crippen molar-refractivity contribution in [3.63, 3.8) is 0 Å². The number of rotatable bonds is 7. The molecule has 3 N–H and O–H groups in total. The summed E-state index contributed by atoms with van der Waals surface area (Å²) in [5, 5.41) is 3.41. The largest absolute Gasteiger partial charge is 0.366 e. The van der Waals surface area contributed by atoms with E-state index in [1.165, 1.54) is 31.0 Å². The molecular formula is C27H31N3O3S. The summed E-state index contributed by atoms with van der Waals surface area (Å²) in [6, 6.07) is 14.0. The first-order chi connectivity index (χ1) is 16.3. The molecule has 0 atom stereocenters. The zero-order valence-electron chi connectivity index (χ0n) is 19.5. The Kier molecular flexibility index (Phi) is 6.15. The Morgan fingerprint density at radius 1 is 0.971 bits per heavy atom. The molecule has 0 radical (unpaired) electrons. The molecule has 0 spiro atoms. The van der Waals surface area contributed by atoms with E-state index in [-0.39, 0.29) is 17.4 Å². The molecule has 0 saturated heterocycles. The molecule has 6 rings (SSSR count). The van der Waals surface area contributed by atoms with Crippen molar-refractivity contribution in [2.24, 2.45) is 23.5 Å². The number of nitrogens with one attached hydrogen (secondary N) is 1. The van der Waals surface area contributed by atoms with Crippen molar-refractivity contribution in [3.8, 4) is 0 Å². The first kappa shape index (κ1) is 23.0. The molecule has 4 bridgehead atoms. The monoisotopic (exact) mass is 477 g/mol. The van der Waals surface area contributed by atoms with Crippen LogP contribution < -0.4 is 16.0 Å². The van der Waals surface area contributed by atoms with E-state index in [0.29, 0.717) is 22.6 Å². The van der Waals surface area contributed by atoms with E-state index in [9.17, 15) is 14.4 Å². The van der Waals surface area contributed by atoms with Gasteiger partial charge in [0.25, 0.3) is 5.91 Å². The quantitative estimate of drug-likeness (QED) is 0.584. The molecule has 7 heteroatoms. The molecule has 178 valence electrons. The first-order valence-corrected chi connectivity index (χ1v) is 13.0. The molecule has 4 aliphatic rings. The predicted molar refractivity (Wildman–Crippen MR) is 134 cm³/mol. The topological polar surface area (TPSA) is 92.5 Å². The van der Waals surface area contributed by atoms with Crippen LogP contribution in [0.4, 0.5) is 5.69 Å². The number of anilines is 1. The predicted octanol–water partition coefficient (Wildman–Crippen LogP) is 4.24. The van der Waals surface area contributed by atoms with E-state index in [4.69, 9.17) is 5.73 Å². The van der Waals surface area contributed by atoms with E-state index < -0.39 is 5.91 Å². The number of carbonyl (C=O) groups excluding carboxylic acids is 3. The van der Waals surface area contributed by atoms with Gasteiger partial charge in [-0.25, -0.2) is 0 Å². The van der Waals surface area contributed by atoms with Crippen molar-refractivity contribution < 1.29 is 14.4 Å². The molecule has 2 aromatic carbocycles. The van der Waals surface area contributed by atoms with Crippen LogP contribution in [0, 0.1) is 17.8 Å². The number of hydrogen-bond acceptors (Lipinski definition) is 4. The zero-order chi connectivity index (χ0) is 23.9. The summed E-state index contributed by atoms with van der Waals surface area (Å²) >= 11 is 1.41. The summed E-state index contributed by atoms with van der Waals surface area (Å²) in [5.41, 5.74) is 6.92. The number of carbonyl (C=O) groups is 3. The maximum Gasteiger partial charge on any atom is 0.259 e. The highest BCUT2D eigenvalue weighted by Gasteiger charge is 2.51. The third-order valence-electron chi connectivity index (χ3n) is 7.76. The molecule has 0 heterocycles. The van der Waals surface area contributed by atoms with Crippen LogP contribution in [0.15, 0.2) is 53.4 Å². The van der Waals surface area contributed by atoms with E-state index in [1.807, 2.05) is 18.2 Å². The average molecular weight is 478 g/mol. The number of nitrogens with two attached hydrogens (primary N) is 1. The van der Waals surface area contributed by atoms with Gasteiger partial charge in [0.1, 0.15) is 0 Å². The summed E-state index contributed by atoms with van der Waals surface area (Å²) in [6.07, 6.45) is 7.42. The van der Waals surface area contributed by atoms with Crippen LogP contribution in [0.2, 0.25) is 0 Å². The molecule has 4 fully saturated rings. The Morgan fingerprint density at radius 2 is 1.56 bits per heavy atom. The van der Waals surface area contributed by atoms with Crippen LogP contribution in [0.25, 0.3) is 0 Å². The minimum absolute atomic E-state index is 0.000969. The summed E-state index contributed by atoms with van der Waals surface area (Å²) in [6.45, 7) is 0. The zero-order valence-corrected chi connectivity index (χ0v) is 20.3. The summed E-state index contributed by atoms with van der Waals surface area (Å²) in [5.74, 6) is 2.03. The van der Waals surface area contributed by atoms with Gasteiger partial charge in [0.15, 0.2) is 0 Å². The summed E-state index contributed by atoms with van der Waals surface area (Å²) in [7, 11) is 1.70. The normalized spacial score (nSPS) is 26.8. The highest BCUT2D eigenvalue weighted by atomic mass is 32.2. The number of primary amides is 1. The van der Waals surface area contributed by atoms with Crippen LogP contribution in [0.1, 0.15) is 59.2 Å². The lowest BCUT2D eigenvalue weighted by Crippen LogP contribution is -2.60. The van der Waals surface area contributed by atoms with Crippen LogP contribution in [-0.4, -0.2) is 36.1 Å². The Hall–Kier alpha value is -2.80. The lowest BCUT2D eigenvalue weighted by molar-refractivity contribution is -0.124. The smallest absolute Gasteiger partial charge is 0.259 e. The van der Waals surface area contributed by atoms with Crippen LogP contribution >= 0.6 is 11.8 Å². The lowest BCUT2D eigenvalue weighted by atomic mass is 9.53. The molecule has 0 aliphatic heterocycles. The van der Waals surface area contributed by atoms with Gasteiger partial charge in [-0.1, -0.05) is 12.1 Å². The molecule has 4 aliphatic carbocycles. The van der Waals surface area contributed by atoms with Crippen LogP contribution in [-0.2, 0) is 4.79 Å². The first-order valence-electron chi connectivity index (χ1n) is 12.0. The minimum atomic E-state index is -0.505. The molecule has 2 aromatic rings. The fourth-order valence-corrected chi connectivity index (χ4v) is 7.50. The molecule has 0 aromatic heterocycles. The van der Waals surface area contributed by atoms with Gasteiger partial charge in [-0.15, -0.1) is 11.8 Å². The van der Waals surface area contributed by atoms with Crippen molar-refractivity contribution in [3.05, 3.63) is 59.7 Å². The molecule has 0 unspecified atom stereocenters. The fourth-order valence-electron chi connectivity index (χ4n) is 6.66. The van der Waals surface area contributed by atoms with Gasteiger partial charge in [0.05, 0.1) is 11.3 Å². The SMILES string of the molecule is CN(C(=O)c1ccccc1SCC(=O)NC12CC3CC(CC(C3)C1)C2)c1ccc(C(N)=O)cc1. The second-order valence-electron chi connectivity index (χ2n) is 10.3. The maximum absolute atomic E-state index is 13.2. The van der Waals surface area contributed by atoms with Crippen LogP contribution in [0.5, 0.6) is 0 Å². The van der Waals surface area contributed by atoms with Gasteiger partial charge in [-0.3, -0.25) is 14.4 Å². The highest BCUT2D eigenvalue weighted by Crippen LogP contribution is 2.55. The molecule has 4 saturated carbocycles. The van der Waals surface area contributed by atoms with E-state index in [2.05, 4.69) is 5.32 Å². The van der Waals surface area contributed by atoms with Crippen molar-refractivity contribution in [2.75, 3.05) is 17.7 Å². The molecular weight excluding hydrogens is 446 g/mol. The van der Waals surface area contributed by atoms with Crippen molar-refractivity contribution in [1.29, 1.82) is 0 Å². The Bertz CT molecular complexity index is 1080. The van der Waals surface area contributed by atoms with Crippen molar-refractivity contribution in [1.82, 2.24) is 5.32 Å². The maximum atomic E-state index is 13.2.